The number of halogens is 1. The maximum Gasteiger partial charge on any atom is 0.242 e. The van der Waals surface area contributed by atoms with Crippen LogP contribution >= 0.6 is 15.9 Å². The molecule has 1 fully saturated rings. The number of benzene rings is 1. The Hall–Kier alpha value is -0.910. The van der Waals surface area contributed by atoms with Crippen molar-refractivity contribution in [2.24, 2.45) is 0 Å². The summed E-state index contributed by atoms with van der Waals surface area (Å²) in [6.45, 7) is 4.61. The highest BCUT2D eigenvalue weighted by Gasteiger charge is 2.23. The van der Waals surface area contributed by atoms with E-state index in [-0.39, 0.29) is 11.9 Å². The normalized spacial score (nSPS) is 20.7. The number of rotatable bonds is 2. The van der Waals surface area contributed by atoms with Crippen molar-refractivity contribution in [3.05, 3.63) is 28.2 Å². The molecule has 1 aliphatic rings. The van der Waals surface area contributed by atoms with Crippen molar-refractivity contribution < 1.29 is 4.79 Å². The Morgan fingerprint density at radius 1 is 1.56 bits per heavy atom. The molecule has 0 saturated carbocycles. The van der Waals surface area contributed by atoms with E-state index in [0.717, 1.165) is 35.4 Å². The van der Waals surface area contributed by atoms with Gasteiger partial charge < -0.3 is 15.5 Å². The second-order valence-corrected chi connectivity index (χ2v) is 5.58. The van der Waals surface area contributed by atoms with Crippen LogP contribution in [-0.2, 0) is 4.79 Å². The van der Waals surface area contributed by atoms with Gasteiger partial charge in [0.25, 0.3) is 0 Å². The number of amides is 1. The van der Waals surface area contributed by atoms with E-state index >= 15 is 0 Å². The summed E-state index contributed by atoms with van der Waals surface area (Å²) in [5.74, 6) is 0.0253. The Balaban J connectivity index is 2.00. The van der Waals surface area contributed by atoms with Crippen LogP contribution in [0.5, 0.6) is 0 Å². The molecule has 0 bridgehead atoms. The van der Waals surface area contributed by atoms with Gasteiger partial charge in [-0.05, 0) is 31.7 Å². The number of carbonyl (C=O) groups is 1. The second kappa shape index (κ2) is 5.82. The Morgan fingerprint density at radius 3 is 3.00 bits per heavy atom. The van der Waals surface area contributed by atoms with Gasteiger partial charge >= 0.3 is 0 Å². The fourth-order valence-corrected chi connectivity index (χ4v) is 2.35. The standard InChI is InChI=1S/C13H18BrN3O/c1-9-3-4-10(7-11(9)14)16-13(18)12-8-17(2)6-5-15-12/h3-4,7,12,15H,5-6,8H2,1-2H3,(H,16,18). The van der Waals surface area contributed by atoms with Crippen molar-refractivity contribution in [1.29, 1.82) is 0 Å². The molecule has 18 heavy (non-hydrogen) atoms. The number of piperazine rings is 1. The smallest absolute Gasteiger partial charge is 0.242 e. The van der Waals surface area contributed by atoms with Crippen LogP contribution in [0.2, 0.25) is 0 Å². The Kier molecular flexibility index (Phi) is 4.37. The van der Waals surface area contributed by atoms with E-state index in [1.54, 1.807) is 0 Å². The van der Waals surface area contributed by atoms with Crippen LogP contribution in [0.4, 0.5) is 5.69 Å². The van der Waals surface area contributed by atoms with Gasteiger partial charge in [-0.1, -0.05) is 22.0 Å². The average molecular weight is 312 g/mol. The lowest BCUT2D eigenvalue weighted by Gasteiger charge is -2.29. The monoisotopic (exact) mass is 311 g/mol. The van der Waals surface area contributed by atoms with Gasteiger partial charge in [0.2, 0.25) is 5.91 Å². The number of carbonyl (C=O) groups excluding carboxylic acids is 1. The van der Waals surface area contributed by atoms with E-state index in [9.17, 15) is 4.79 Å². The van der Waals surface area contributed by atoms with Crippen molar-refractivity contribution in [2.45, 2.75) is 13.0 Å². The van der Waals surface area contributed by atoms with E-state index < -0.39 is 0 Å². The van der Waals surface area contributed by atoms with Gasteiger partial charge in [-0.3, -0.25) is 4.79 Å². The molecule has 1 amide bonds. The third kappa shape index (κ3) is 3.31. The molecule has 1 atom stereocenters. The van der Waals surface area contributed by atoms with Crippen molar-refractivity contribution in [1.82, 2.24) is 10.2 Å². The molecule has 0 spiro atoms. The third-order valence-electron chi connectivity index (χ3n) is 3.13. The number of anilines is 1. The topological polar surface area (TPSA) is 44.4 Å². The van der Waals surface area contributed by atoms with Crippen LogP contribution in [0.15, 0.2) is 22.7 Å². The van der Waals surface area contributed by atoms with Crippen LogP contribution in [0, 0.1) is 6.92 Å². The number of aryl methyl sites for hydroxylation is 1. The molecule has 1 saturated heterocycles. The minimum absolute atomic E-state index is 0.0253. The molecule has 0 aromatic heterocycles. The molecule has 0 aliphatic carbocycles. The fraction of sp³-hybridized carbons (Fsp3) is 0.462. The zero-order valence-electron chi connectivity index (χ0n) is 10.7. The Bertz CT molecular complexity index is 450. The highest BCUT2D eigenvalue weighted by atomic mass is 79.9. The molecule has 2 N–H and O–H groups in total. The third-order valence-corrected chi connectivity index (χ3v) is 3.99. The van der Waals surface area contributed by atoms with Crippen LogP contribution in [0.1, 0.15) is 5.56 Å². The minimum atomic E-state index is -0.135. The first-order valence-corrected chi connectivity index (χ1v) is 6.84. The van der Waals surface area contributed by atoms with E-state index in [1.807, 2.05) is 32.2 Å². The van der Waals surface area contributed by atoms with Crippen molar-refractivity contribution in [3.8, 4) is 0 Å². The van der Waals surface area contributed by atoms with Gasteiger partial charge in [0.1, 0.15) is 0 Å². The lowest BCUT2D eigenvalue weighted by Crippen LogP contribution is -2.54. The molecule has 4 nitrogen and oxygen atoms in total. The summed E-state index contributed by atoms with van der Waals surface area (Å²) in [5, 5.41) is 6.17. The lowest BCUT2D eigenvalue weighted by molar-refractivity contribution is -0.119. The molecule has 1 aromatic rings. The van der Waals surface area contributed by atoms with E-state index in [2.05, 4.69) is 31.5 Å². The molecule has 1 aromatic carbocycles. The lowest BCUT2D eigenvalue weighted by atomic mass is 10.2. The first-order chi connectivity index (χ1) is 8.56. The molecule has 2 rings (SSSR count). The van der Waals surface area contributed by atoms with E-state index in [0.29, 0.717) is 0 Å². The predicted molar refractivity (Wildman–Crippen MR) is 76.8 cm³/mol. The summed E-state index contributed by atoms with van der Waals surface area (Å²) in [5.41, 5.74) is 1.98. The zero-order chi connectivity index (χ0) is 13.1. The molecular formula is C13H18BrN3O. The molecular weight excluding hydrogens is 294 g/mol. The van der Waals surface area contributed by atoms with Crippen LogP contribution in [0.25, 0.3) is 0 Å². The van der Waals surface area contributed by atoms with Gasteiger partial charge in [-0.25, -0.2) is 0 Å². The Labute approximate surface area is 116 Å². The summed E-state index contributed by atoms with van der Waals surface area (Å²) in [6.07, 6.45) is 0. The first kappa shape index (κ1) is 13.5. The molecule has 1 unspecified atom stereocenters. The SMILES string of the molecule is Cc1ccc(NC(=O)C2CN(C)CCN2)cc1Br. The van der Waals surface area contributed by atoms with Gasteiger partial charge in [0.15, 0.2) is 0 Å². The number of nitrogens with zero attached hydrogens (tertiary/aromatic N) is 1. The summed E-state index contributed by atoms with van der Waals surface area (Å²) in [6, 6.07) is 5.70. The molecule has 98 valence electrons. The van der Waals surface area contributed by atoms with Gasteiger partial charge in [0.05, 0.1) is 6.04 Å². The van der Waals surface area contributed by atoms with Crippen molar-refractivity contribution in [3.63, 3.8) is 0 Å². The van der Waals surface area contributed by atoms with Crippen molar-refractivity contribution >= 4 is 27.5 Å². The van der Waals surface area contributed by atoms with Crippen LogP contribution in [0.3, 0.4) is 0 Å². The maximum absolute atomic E-state index is 12.1. The predicted octanol–water partition coefficient (Wildman–Crippen LogP) is 1.60. The largest absolute Gasteiger partial charge is 0.325 e. The van der Waals surface area contributed by atoms with E-state index in [4.69, 9.17) is 0 Å². The highest BCUT2D eigenvalue weighted by Crippen LogP contribution is 2.20. The van der Waals surface area contributed by atoms with Gasteiger partial charge in [-0.2, -0.15) is 0 Å². The van der Waals surface area contributed by atoms with Crippen LogP contribution < -0.4 is 10.6 Å². The number of hydrogen-bond donors (Lipinski definition) is 2. The fourth-order valence-electron chi connectivity index (χ4n) is 1.97. The average Bonchev–Trinajstić information content (AvgIpc) is 2.34. The summed E-state index contributed by atoms with van der Waals surface area (Å²) < 4.78 is 1.01. The quantitative estimate of drug-likeness (QED) is 0.872. The van der Waals surface area contributed by atoms with Crippen molar-refractivity contribution in [2.75, 3.05) is 32.0 Å². The molecule has 5 heteroatoms. The second-order valence-electron chi connectivity index (χ2n) is 4.72. The molecule has 0 radical (unpaired) electrons. The summed E-state index contributed by atoms with van der Waals surface area (Å²) in [4.78, 5) is 14.3. The van der Waals surface area contributed by atoms with E-state index in [1.165, 1.54) is 0 Å². The number of nitrogens with one attached hydrogen (secondary N) is 2. The minimum Gasteiger partial charge on any atom is -0.325 e. The summed E-state index contributed by atoms with van der Waals surface area (Å²) in [7, 11) is 2.03. The molecule has 1 heterocycles. The van der Waals surface area contributed by atoms with Gasteiger partial charge in [-0.15, -0.1) is 0 Å². The number of hydrogen-bond acceptors (Lipinski definition) is 3. The zero-order valence-corrected chi connectivity index (χ0v) is 12.3. The van der Waals surface area contributed by atoms with Gasteiger partial charge in [0, 0.05) is 29.8 Å². The number of likely N-dealkylation sites (N-methyl/N-ethyl adjacent to an activating group) is 1. The highest BCUT2D eigenvalue weighted by molar-refractivity contribution is 9.10. The molecule has 1 aliphatic heterocycles. The summed E-state index contributed by atoms with van der Waals surface area (Å²) >= 11 is 3.47. The first-order valence-electron chi connectivity index (χ1n) is 6.05. The van der Waals surface area contributed by atoms with Crippen LogP contribution in [-0.4, -0.2) is 43.5 Å². The Morgan fingerprint density at radius 2 is 2.33 bits per heavy atom. The maximum atomic E-state index is 12.1.